The molecule has 0 fully saturated rings. The fourth-order valence-electron chi connectivity index (χ4n) is 2.14. The monoisotopic (exact) mass is 320 g/mol. The first-order valence-electron chi connectivity index (χ1n) is 6.96. The molecule has 0 unspecified atom stereocenters. The highest BCUT2D eigenvalue weighted by molar-refractivity contribution is 6.41. The molecule has 0 heterocycles. The Bertz CT molecular complexity index is 637. The van der Waals surface area contributed by atoms with Crippen LogP contribution < -0.4 is 0 Å². The van der Waals surface area contributed by atoms with Crippen LogP contribution in [0.2, 0.25) is 10.0 Å². The predicted molar refractivity (Wildman–Crippen MR) is 89.7 cm³/mol. The number of hydrogen-bond donors (Lipinski definition) is 0. The highest BCUT2D eigenvalue weighted by Crippen LogP contribution is 2.29. The molecular weight excluding hydrogens is 303 g/mol. The van der Waals surface area contributed by atoms with Crippen LogP contribution in [0.5, 0.6) is 0 Å². The van der Waals surface area contributed by atoms with Crippen LogP contribution in [0, 0.1) is 0 Å². The van der Waals surface area contributed by atoms with E-state index in [9.17, 15) is 4.79 Å². The van der Waals surface area contributed by atoms with Gasteiger partial charge in [-0.1, -0.05) is 74.3 Å². The lowest BCUT2D eigenvalue weighted by Crippen LogP contribution is -2.15. The largest absolute Gasteiger partial charge is 0.288 e. The molecule has 0 saturated heterocycles. The number of rotatable bonds is 4. The molecule has 110 valence electrons. The van der Waals surface area contributed by atoms with Gasteiger partial charge in [-0.25, -0.2) is 0 Å². The van der Waals surface area contributed by atoms with Crippen LogP contribution in [-0.4, -0.2) is 5.78 Å². The lowest BCUT2D eigenvalue weighted by atomic mass is 9.82. The van der Waals surface area contributed by atoms with Crippen molar-refractivity contribution < 1.29 is 4.79 Å². The zero-order valence-corrected chi connectivity index (χ0v) is 13.9. The minimum absolute atomic E-state index is 0.101. The van der Waals surface area contributed by atoms with Crippen molar-refractivity contribution in [3.63, 3.8) is 0 Å². The second-order valence-electron chi connectivity index (χ2n) is 5.74. The van der Waals surface area contributed by atoms with Crippen LogP contribution in [0.25, 0.3) is 0 Å². The van der Waals surface area contributed by atoms with E-state index < -0.39 is 0 Å². The Morgan fingerprint density at radius 3 is 2.00 bits per heavy atom. The van der Waals surface area contributed by atoms with Crippen LogP contribution >= 0.6 is 23.2 Å². The maximum absolute atomic E-state index is 12.5. The van der Waals surface area contributed by atoms with E-state index >= 15 is 0 Å². The van der Waals surface area contributed by atoms with Crippen LogP contribution in [0.15, 0.2) is 42.5 Å². The number of ketones is 1. The Morgan fingerprint density at radius 1 is 1.00 bits per heavy atom. The van der Waals surface area contributed by atoms with Crippen molar-refractivity contribution in [3.05, 3.63) is 69.2 Å². The molecule has 21 heavy (non-hydrogen) atoms. The summed E-state index contributed by atoms with van der Waals surface area (Å²) in [6.45, 7) is 6.53. The smallest absolute Gasteiger partial charge is 0.196 e. The van der Waals surface area contributed by atoms with E-state index in [-0.39, 0.29) is 11.2 Å². The summed E-state index contributed by atoms with van der Waals surface area (Å²) in [4.78, 5) is 12.5. The molecule has 0 aliphatic carbocycles. The van der Waals surface area contributed by atoms with Gasteiger partial charge in [-0.05, 0) is 29.5 Å². The van der Waals surface area contributed by atoms with E-state index in [0.717, 1.165) is 6.42 Å². The highest BCUT2D eigenvalue weighted by Gasteiger charge is 2.20. The third-order valence-electron chi connectivity index (χ3n) is 4.00. The molecule has 2 aromatic rings. The highest BCUT2D eigenvalue weighted by atomic mass is 35.5. The van der Waals surface area contributed by atoms with Crippen molar-refractivity contribution in [2.45, 2.75) is 32.6 Å². The van der Waals surface area contributed by atoms with E-state index in [4.69, 9.17) is 23.2 Å². The van der Waals surface area contributed by atoms with Gasteiger partial charge >= 0.3 is 0 Å². The van der Waals surface area contributed by atoms with Crippen LogP contribution in [0.1, 0.15) is 48.7 Å². The molecule has 0 atom stereocenters. The van der Waals surface area contributed by atoms with E-state index in [1.165, 1.54) is 5.56 Å². The van der Waals surface area contributed by atoms with E-state index in [1.54, 1.807) is 18.2 Å². The maximum atomic E-state index is 12.5. The van der Waals surface area contributed by atoms with Gasteiger partial charge in [0.25, 0.3) is 0 Å². The minimum Gasteiger partial charge on any atom is -0.288 e. The Kier molecular flexibility index (Phi) is 4.75. The number of benzene rings is 2. The lowest BCUT2D eigenvalue weighted by Gasteiger charge is -2.23. The molecule has 1 nitrogen and oxygen atoms in total. The molecule has 0 aromatic heterocycles. The second kappa shape index (κ2) is 6.21. The summed E-state index contributed by atoms with van der Waals surface area (Å²) in [5.74, 6) is -0.147. The van der Waals surface area contributed by atoms with Gasteiger partial charge in [0.15, 0.2) is 5.78 Å². The maximum Gasteiger partial charge on any atom is 0.196 e. The van der Waals surface area contributed by atoms with Gasteiger partial charge in [-0.15, -0.1) is 0 Å². The first kappa shape index (κ1) is 16.1. The SMILES string of the molecule is CCC(C)(C)c1ccc(C(=O)c2c(Cl)cccc2Cl)cc1. The summed E-state index contributed by atoms with van der Waals surface area (Å²) >= 11 is 12.2. The molecule has 0 aliphatic heterocycles. The molecule has 0 N–H and O–H groups in total. The van der Waals surface area contributed by atoms with Crippen LogP contribution in [-0.2, 0) is 5.41 Å². The lowest BCUT2D eigenvalue weighted by molar-refractivity contribution is 0.103. The van der Waals surface area contributed by atoms with Gasteiger partial charge < -0.3 is 0 Å². The van der Waals surface area contributed by atoms with Crippen molar-refractivity contribution in [2.75, 3.05) is 0 Å². The number of carbonyl (C=O) groups is 1. The van der Waals surface area contributed by atoms with Gasteiger partial charge in [-0.2, -0.15) is 0 Å². The first-order valence-corrected chi connectivity index (χ1v) is 7.71. The molecule has 0 saturated carbocycles. The van der Waals surface area contributed by atoms with E-state index in [1.807, 2.05) is 24.3 Å². The summed E-state index contributed by atoms with van der Waals surface area (Å²) in [7, 11) is 0. The Balaban J connectivity index is 2.37. The summed E-state index contributed by atoms with van der Waals surface area (Å²) in [5, 5.41) is 0.760. The Hall–Kier alpha value is -1.31. The Labute approximate surface area is 135 Å². The number of carbonyl (C=O) groups excluding carboxylic acids is 1. The third kappa shape index (κ3) is 3.30. The fourth-order valence-corrected chi connectivity index (χ4v) is 2.71. The fraction of sp³-hybridized carbons (Fsp3) is 0.278. The third-order valence-corrected chi connectivity index (χ3v) is 4.63. The predicted octanol–water partition coefficient (Wildman–Crippen LogP) is 5.91. The minimum atomic E-state index is -0.147. The molecule has 2 aromatic carbocycles. The molecule has 0 spiro atoms. The average Bonchev–Trinajstić information content (AvgIpc) is 2.47. The van der Waals surface area contributed by atoms with Crippen molar-refractivity contribution >= 4 is 29.0 Å². The molecule has 3 heteroatoms. The molecule has 0 radical (unpaired) electrons. The van der Waals surface area contributed by atoms with Crippen molar-refractivity contribution in [1.29, 1.82) is 0 Å². The first-order chi connectivity index (χ1) is 9.86. The van der Waals surface area contributed by atoms with E-state index in [0.29, 0.717) is 21.2 Å². The van der Waals surface area contributed by atoms with E-state index in [2.05, 4.69) is 20.8 Å². The zero-order valence-electron chi connectivity index (χ0n) is 12.4. The second-order valence-corrected chi connectivity index (χ2v) is 6.55. The van der Waals surface area contributed by atoms with Gasteiger partial charge in [0.2, 0.25) is 0 Å². The van der Waals surface area contributed by atoms with Crippen LogP contribution in [0.3, 0.4) is 0 Å². The van der Waals surface area contributed by atoms with Crippen molar-refractivity contribution in [1.82, 2.24) is 0 Å². The summed E-state index contributed by atoms with van der Waals surface area (Å²) in [5.41, 5.74) is 2.28. The topological polar surface area (TPSA) is 17.1 Å². The molecule has 0 amide bonds. The number of hydrogen-bond acceptors (Lipinski definition) is 1. The van der Waals surface area contributed by atoms with Gasteiger partial charge in [-0.3, -0.25) is 4.79 Å². The molecular formula is C18H18Cl2O. The quantitative estimate of drug-likeness (QED) is 0.640. The van der Waals surface area contributed by atoms with Gasteiger partial charge in [0.05, 0.1) is 15.6 Å². The summed E-state index contributed by atoms with van der Waals surface area (Å²) < 4.78 is 0. The van der Waals surface area contributed by atoms with Crippen molar-refractivity contribution in [3.8, 4) is 0 Å². The van der Waals surface area contributed by atoms with Gasteiger partial charge in [0, 0.05) is 5.56 Å². The van der Waals surface area contributed by atoms with Crippen LogP contribution in [0.4, 0.5) is 0 Å². The molecule has 0 aliphatic rings. The zero-order chi connectivity index (χ0) is 15.6. The Morgan fingerprint density at radius 2 is 1.52 bits per heavy atom. The average molecular weight is 321 g/mol. The normalized spacial score (nSPS) is 11.5. The molecule has 0 bridgehead atoms. The summed E-state index contributed by atoms with van der Waals surface area (Å²) in [6.07, 6.45) is 1.04. The van der Waals surface area contributed by atoms with Crippen molar-refractivity contribution in [2.24, 2.45) is 0 Å². The van der Waals surface area contributed by atoms with Gasteiger partial charge in [0.1, 0.15) is 0 Å². The number of halogens is 2. The standard InChI is InChI=1S/C18H18Cl2O/c1-4-18(2,3)13-10-8-12(9-11-13)17(21)16-14(19)6-5-7-15(16)20/h5-11H,4H2,1-3H3. The molecule has 2 rings (SSSR count). The summed E-state index contributed by atoms with van der Waals surface area (Å²) in [6, 6.07) is 12.8.